The van der Waals surface area contributed by atoms with Crippen molar-refractivity contribution in [1.82, 2.24) is 4.57 Å². The second-order valence-corrected chi connectivity index (χ2v) is 22.6. The zero-order valence-corrected chi connectivity index (χ0v) is 45.0. The molecule has 0 amide bonds. The molecule has 15 rings (SSSR count). The molecule has 79 heavy (non-hydrogen) atoms. The molecule has 378 valence electrons. The minimum absolute atomic E-state index is 0.134. The molecule has 0 radical (unpaired) electrons. The van der Waals surface area contributed by atoms with E-state index in [1.165, 1.54) is 105 Å². The number of hydrogen-bond donors (Lipinski definition) is 0. The van der Waals surface area contributed by atoms with Gasteiger partial charge in [-0.15, -0.1) is 0 Å². The summed E-state index contributed by atoms with van der Waals surface area (Å²) in [7, 11) is 0. The molecule has 0 atom stereocenters. The first-order valence-corrected chi connectivity index (χ1v) is 28.1. The third-order valence-electron chi connectivity index (χ3n) is 16.9. The summed E-state index contributed by atoms with van der Waals surface area (Å²) in [6.07, 6.45) is 3.06. The molecule has 2 aliphatic rings. The summed E-state index contributed by atoms with van der Waals surface area (Å²) in [6.45, 7) is 9.28. The number of rotatable bonds is 9. The molecule has 0 spiro atoms. The highest BCUT2D eigenvalue weighted by atomic mass is 16.3. The summed E-state index contributed by atoms with van der Waals surface area (Å²) in [4.78, 5) is 5.30. The van der Waals surface area contributed by atoms with Gasteiger partial charge < -0.3 is 18.8 Å². The van der Waals surface area contributed by atoms with E-state index < -0.39 is 0 Å². The van der Waals surface area contributed by atoms with Gasteiger partial charge in [-0.25, -0.2) is 0 Å². The molecule has 5 heteroatoms. The van der Waals surface area contributed by atoms with E-state index >= 15 is 0 Å². The lowest BCUT2D eigenvalue weighted by Gasteiger charge is -2.46. The maximum Gasteiger partial charge on any atom is 0.252 e. The van der Waals surface area contributed by atoms with E-state index in [1.807, 2.05) is 0 Å². The van der Waals surface area contributed by atoms with Crippen LogP contribution in [0.5, 0.6) is 0 Å². The molecule has 11 aromatic carbocycles. The Morgan fingerprint density at radius 2 is 1.01 bits per heavy atom. The van der Waals surface area contributed by atoms with Gasteiger partial charge in [0.1, 0.15) is 11.2 Å². The zero-order chi connectivity index (χ0) is 52.9. The van der Waals surface area contributed by atoms with E-state index in [1.54, 1.807) is 0 Å². The Morgan fingerprint density at radius 3 is 1.66 bits per heavy atom. The normalized spacial score (nSPS) is 12.9. The van der Waals surface area contributed by atoms with Crippen molar-refractivity contribution in [2.45, 2.75) is 52.4 Å². The van der Waals surface area contributed by atoms with Crippen molar-refractivity contribution in [3.63, 3.8) is 0 Å². The smallest absolute Gasteiger partial charge is 0.252 e. The van der Waals surface area contributed by atoms with Gasteiger partial charge in [0.05, 0.1) is 22.4 Å². The van der Waals surface area contributed by atoms with Gasteiger partial charge in [0.15, 0.2) is 0 Å². The first-order chi connectivity index (χ1) is 38.8. The van der Waals surface area contributed by atoms with E-state index in [0.717, 1.165) is 58.3 Å². The summed E-state index contributed by atoms with van der Waals surface area (Å²) >= 11 is 0. The fourth-order valence-corrected chi connectivity index (χ4v) is 13.1. The van der Waals surface area contributed by atoms with Gasteiger partial charge in [0, 0.05) is 67.2 Å². The van der Waals surface area contributed by atoms with Crippen LogP contribution >= 0.6 is 0 Å². The van der Waals surface area contributed by atoms with Crippen LogP contribution in [-0.4, -0.2) is 11.3 Å². The quantitative estimate of drug-likeness (QED) is 0.135. The molecule has 4 heterocycles. The van der Waals surface area contributed by atoms with Crippen LogP contribution in [-0.2, 0) is 11.8 Å². The number of aryl methyl sites for hydroxylation is 1. The number of benzene rings is 11. The molecule has 0 saturated heterocycles. The Labute approximate surface area is 462 Å². The molecule has 2 aliphatic heterocycles. The number of fused-ring (bicyclic) bond motifs is 10. The number of aromatic nitrogens is 1. The number of unbranched alkanes of at least 4 members (excludes halogenated alkanes) is 1. The molecular weight excluding hydrogens is 958 g/mol. The van der Waals surface area contributed by atoms with Crippen LogP contribution in [0.2, 0.25) is 0 Å². The van der Waals surface area contributed by atoms with E-state index in [2.05, 4.69) is 285 Å². The fraction of sp³-hybridized carbons (Fsp3) is 0.108. The number of anilines is 6. The first-order valence-electron chi connectivity index (χ1n) is 28.1. The standard InChI is InChI=1S/C74H58BN3O/c1-5-6-23-52-42-60-59-32-18-21-37-70(59)79-71(60)47-66(52)77-67-46-54(76-63-35-19-16-30-57(63)58-31-17-20-36-64(58)76)39-40-61(67)75-62-43-51(48-24-10-7-11-25-48)38-41-65(62)78(69-45-53(74(2,3)4)44-68(77)72(69)75)73-55(49-26-12-8-13-27-49)33-22-34-56(73)50-28-14-9-15-29-50/h7-22,24-47H,5-6,23H2,1-4H3. The lowest BCUT2D eigenvalue weighted by molar-refractivity contribution is 0.590. The molecule has 0 unspecified atom stereocenters. The summed E-state index contributed by atoms with van der Waals surface area (Å²) in [5.41, 5.74) is 25.6. The van der Waals surface area contributed by atoms with Gasteiger partial charge in [0.25, 0.3) is 6.71 Å². The first kappa shape index (κ1) is 46.9. The molecule has 0 saturated carbocycles. The van der Waals surface area contributed by atoms with E-state index in [-0.39, 0.29) is 12.1 Å². The molecule has 4 nitrogen and oxygen atoms in total. The van der Waals surface area contributed by atoms with Crippen molar-refractivity contribution >= 4 is 101 Å². The average molecular weight is 1020 g/mol. The Kier molecular flexibility index (Phi) is 10.9. The van der Waals surface area contributed by atoms with Crippen LogP contribution in [0, 0.1) is 0 Å². The Balaban J connectivity index is 1.10. The molecule has 0 bridgehead atoms. The van der Waals surface area contributed by atoms with E-state index in [9.17, 15) is 0 Å². The highest BCUT2D eigenvalue weighted by Gasteiger charge is 2.46. The van der Waals surface area contributed by atoms with Crippen LogP contribution in [0.15, 0.2) is 247 Å². The Morgan fingerprint density at radius 1 is 0.418 bits per heavy atom. The van der Waals surface area contributed by atoms with E-state index in [4.69, 9.17) is 4.42 Å². The van der Waals surface area contributed by atoms with Gasteiger partial charge in [0.2, 0.25) is 0 Å². The predicted octanol–water partition coefficient (Wildman–Crippen LogP) is 18.4. The minimum Gasteiger partial charge on any atom is -0.456 e. The summed E-state index contributed by atoms with van der Waals surface area (Å²) < 4.78 is 9.38. The topological polar surface area (TPSA) is 24.6 Å². The van der Waals surface area contributed by atoms with Crippen LogP contribution in [0.1, 0.15) is 51.7 Å². The van der Waals surface area contributed by atoms with Gasteiger partial charge in [-0.05, 0) is 123 Å². The molecule has 2 aromatic heterocycles. The van der Waals surface area contributed by atoms with Gasteiger partial charge in [-0.3, -0.25) is 0 Å². The number of hydrogen-bond acceptors (Lipinski definition) is 3. The number of nitrogens with zero attached hydrogens (tertiary/aromatic N) is 3. The highest BCUT2D eigenvalue weighted by Crippen LogP contribution is 2.52. The maximum absolute atomic E-state index is 6.90. The third kappa shape index (κ3) is 7.51. The largest absolute Gasteiger partial charge is 0.456 e. The zero-order valence-electron chi connectivity index (χ0n) is 45.0. The minimum atomic E-state index is -0.226. The monoisotopic (exact) mass is 1020 g/mol. The maximum atomic E-state index is 6.90. The molecular formula is C74H58BN3O. The number of furan rings is 1. The van der Waals surface area contributed by atoms with Crippen LogP contribution in [0.4, 0.5) is 34.1 Å². The third-order valence-corrected chi connectivity index (χ3v) is 16.9. The molecule has 0 fully saturated rings. The van der Waals surface area contributed by atoms with Crippen molar-refractivity contribution < 1.29 is 4.42 Å². The Bertz CT molecular complexity index is 4420. The van der Waals surface area contributed by atoms with Crippen molar-refractivity contribution in [2.24, 2.45) is 0 Å². The molecule has 0 aliphatic carbocycles. The second-order valence-electron chi connectivity index (χ2n) is 22.6. The van der Waals surface area contributed by atoms with E-state index in [0.29, 0.717) is 0 Å². The van der Waals surface area contributed by atoms with Crippen LogP contribution in [0.25, 0.3) is 82.8 Å². The molecule has 0 N–H and O–H groups in total. The summed E-state index contributed by atoms with van der Waals surface area (Å²) in [5.74, 6) is 0. The Hall–Kier alpha value is -9.32. The van der Waals surface area contributed by atoms with Crippen molar-refractivity contribution in [3.05, 3.63) is 254 Å². The summed E-state index contributed by atoms with van der Waals surface area (Å²) in [5, 5.41) is 4.80. The van der Waals surface area contributed by atoms with Crippen molar-refractivity contribution in [1.29, 1.82) is 0 Å². The van der Waals surface area contributed by atoms with Crippen LogP contribution in [0.3, 0.4) is 0 Å². The molecule has 13 aromatic rings. The average Bonchev–Trinajstić information content (AvgIpc) is 4.18. The lowest BCUT2D eigenvalue weighted by atomic mass is 9.33. The highest BCUT2D eigenvalue weighted by molar-refractivity contribution is 7.00. The van der Waals surface area contributed by atoms with Gasteiger partial charge in [-0.2, -0.15) is 0 Å². The fourth-order valence-electron chi connectivity index (χ4n) is 13.1. The summed E-state index contributed by atoms with van der Waals surface area (Å²) in [6, 6.07) is 90.5. The van der Waals surface area contributed by atoms with Gasteiger partial charge in [-0.1, -0.05) is 216 Å². The van der Waals surface area contributed by atoms with Crippen LogP contribution < -0.4 is 26.2 Å². The lowest BCUT2D eigenvalue weighted by Crippen LogP contribution is -2.61. The number of para-hydroxylation sites is 4. The SMILES string of the molecule is CCCCc1cc2c(cc1N1c3cc(-n4c5ccccc5c5ccccc54)ccc3B3c4cc(-c5ccccc5)ccc4N(c4c(-c5ccccc5)cccc4-c4ccccc4)c4cc(C(C)(C)C)cc1c43)oc1ccccc12. The van der Waals surface area contributed by atoms with Crippen molar-refractivity contribution in [3.8, 4) is 39.1 Å². The van der Waals surface area contributed by atoms with Crippen molar-refractivity contribution in [2.75, 3.05) is 9.80 Å². The predicted molar refractivity (Wildman–Crippen MR) is 336 cm³/mol. The van der Waals surface area contributed by atoms with Gasteiger partial charge >= 0.3 is 0 Å². The second kappa shape index (κ2) is 18.4.